The maximum atomic E-state index is 12.3. The Hall–Kier alpha value is -0.920. The number of ether oxygens (including phenoxy) is 1. The van der Waals surface area contributed by atoms with Crippen LogP contribution < -0.4 is 0 Å². The van der Waals surface area contributed by atoms with Crippen LogP contribution in [-0.4, -0.2) is 47.8 Å². The van der Waals surface area contributed by atoms with Crippen LogP contribution in [0.2, 0.25) is 0 Å². The molecule has 2 bridgehead atoms. The van der Waals surface area contributed by atoms with Crippen LogP contribution in [0, 0.1) is 0 Å². The van der Waals surface area contributed by atoms with Gasteiger partial charge in [-0.3, -0.25) is 4.68 Å². The number of aromatic nitrogens is 2. The number of morpholine rings is 1. The number of hydrogen-bond acceptors (Lipinski definition) is 4. The van der Waals surface area contributed by atoms with E-state index in [4.69, 9.17) is 4.74 Å². The molecule has 6 nitrogen and oxygen atoms in total. The van der Waals surface area contributed by atoms with Crippen LogP contribution in [0.4, 0.5) is 0 Å². The summed E-state index contributed by atoms with van der Waals surface area (Å²) in [6, 6.07) is 0.00945. The van der Waals surface area contributed by atoms with Gasteiger partial charge in [0.05, 0.1) is 24.9 Å². The third-order valence-electron chi connectivity index (χ3n) is 3.14. The van der Waals surface area contributed by atoms with Crippen LogP contribution in [0.25, 0.3) is 0 Å². The van der Waals surface area contributed by atoms with E-state index in [0.29, 0.717) is 13.2 Å². The summed E-state index contributed by atoms with van der Waals surface area (Å²) < 4.78 is 32.9. The fourth-order valence-electron chi connectivity index (χ4n) is 2.33. The Morgan fingerprint density at radius 3 is 2.88 bits per heavy atom. The van der Waals surface area contributed by atoms with Crippen LogP contribution in [0.3, 0.4) is 0 Å². The van der Waals surface area contributed by atoms with Crippen molar-refractivity contribution in [2.24, 2.45) is 7.05 Å². The third-order valence-corrected chi connectivity index (χ3v) is 5.01. The molecule has 0 spiro atoms. The zero-order valence-electron chi connectivity index (χ0n) is 8.91. The van der Waals surface area contributed by atoms with Gasteiger partial charge in [0, 0.05) is 19.8 Å². The largest absolute Gasteiger partial charge is 0.375 e. The number of nitrogens with zero attached hydrogens (tertiary/aromatic N) is 3. The highest BCUT2D eigenvalue weighted by Crippen LogP contribution is 2.32. The normalized spacial score (nSPS) is 30.1. The molecule has 16 heavy (non-hydrogen) atoms. The predicted molar refractivity (Wildman–Crippen MR) is 55.2 cm³/mol. The van der Waals surface area contributed by atoms with Crippen molar-refractivity contribution in [2.45, 2.75) is 23.5 Å². The summed E-state index contributed by atoms with van der Waals surface area (Å²) in [6.45, 7) is 0.992. The molecule has 0 radical (unpaired) electrons. The summed E-state index contributed by atoms with van der Waals surface area (Å²) in [6.07, 6.45) is 3.82. The molecule has 7 heteroatoms. The number of rotatable bonds is 2. The quantitative estimate of drug-likeness (QED) is 0.708. The van der Waals surface area contributed by atoms with Crippen molar-refractivity contribution < 1.29 is 13.2 Å². The minimum Gasteiger partial charge on any atom is -0.375 e. The van der Waals surface area contributed by atoms with Gasteiger partial charge >= 0.3 is 0 Å². The van der Waals surface area contributed by atoms with Crippen LogP contribution >= 0.6 is 0 Å². The smallest absolute Gasteiger partial charge is 0.246 e. The molecule has 2 fully saturated rings. The summed E-state index contributed by atoms with van der Waals surface area (Å²) in [5, 5.41) is 3.90. The molecular weight excluding hydrogens is 230 g/mol. The molecule has 0 N–H and O–H groups in total. The first-order valence-electron chi connectivity index (χ1n) is 5.19. The van der Waals surface area contributed by atoms with Gasteiger partial charge in [-0.05, 0) is 6.42 Å². The highest BCUT2D eigenvalue weighted by atomic mass is 32.2. The molecule has 88 valence electrons. The monoisotopic (exact) mass is 243 g/mol. The molecule has 3 heterocycles. The second kappa shape index (κ2) is 3.28. The van der Waals surface area contributed by atoms with Gasteiger partial charge < -0.3 is 4.74 Å². The molecule has 0 saturated carbocycles. The van der Waals surface area contributed by atoms with Gasteiger partial charge in [0.2, 0.25) is 10.0 Å². The minimum absolute atomic E-state index is 0.00945. The number of aryl methyl sites for hydroxylation is 1. The first kappa shape index (κ1) is 10.2. The van der Waals surface area contributed by atoms with E-state index < -0.39 is 10.0 Å². The first-order valence-corrected chi connectivity index (χ1v) is 6.63. The summed E-state index contributed by atoms with van der Waals surface area (Å²) in [5.74, 6) is 0. The fraction of sp³-hybridized carbons (Fsp3) is 0.667. The number of hydrogen-bond donors (Lipinski definition) is 0. The van der Waals surface area contributed by atoms with E-state index in [9.17, 15) is 8.42 Å². The molecule has 0 aromatic carbocycles. The lowest BCUT2D eigenvalue weighted by Crippen LogP contribution is -2.41. The molecule has 0 aliphatic carbocycles. The number of fused-ring (bicyclic) bond motifs is 2. The van der Waals surface area contributed by atoms with E-state index in [1.165, 1.54) is 21.4 Å². The topological polar surface area (TPSA) is 64.4 Å². The molecule has 2 unspecified atom stereocenters. The van der Waals surface area contributed by atoms with E-state index in [-0.39, 0.29) is 17.0 Å². The summed E-state index contributed by atoms with van der Waals surface area (Å²) in [4.78, 5) is 0.266. The van der Waals surface area contributed by atoms with Crippen LogP contribution in [0.15, 0.2) is 17.3 Å². The molecule has 2 saturated heterocycles. The summed E-state index contributed by atoms with van der Waals surface area (Å²) >= 11 is 0. The Kier molecular flexibility index (Phi) is 2.10. The standard InChI is InChI=1S/C9H13N3O3S/c1-11-5-9(3-10-11)16(13,14)12-4-8-2-7(12)6-15-8/h3,5,7-8H,2,4,6H2,1H3. The maximum Gasteiger partial charge on any atom is 0.246 e. The van der Waals surface area contributed by atoms with Crippen molar-refractivity contribution in [1.29, 1.82) is 0 Å². The van der Waals surface area contributed by atoms with E-state index in [1.54, 1.807) is 7.05 Å². The summed E-state index contributed by atoms with van der Waals surface area (Å²) in [7, 11) is -1.67. The molecule has 2 aliphatic rings. The number of sulfonamides is 1. The molecule has 2 atom stereocenters. The van der Waals surface area contributed by atoms with Gasteiger partial charge in [-0.15, -0.1) is 0 Å². The van der Waals surface area contributed by atoms with Gasteiger partial charge in [0.1, 0.15) is 4.90 Å². The second-order valence-electron chi connectivity index (χ2n) is 4.27. The Bertz CT molecular complexity index is 510. The van der Waals surface area contributed by atoms with Crippen molar-refractivity contribution in [1.82, 2.24) is 14.1 Å². The summed E-state index contributed by atoms with van der Waals surface area (Å²) in [5.41, 5.74) is 0. The van der Waals surface area contributed by atoms with Crippen LogP contribution in [-0.2, 0) is 21.8 Å². The van der Waals surface area contributed by atoms with Gasteiger partial charge in [-0.25, -0.2) is 8.42 Å². The van der Waals surface area contributed by atoms with Gasteiger partial charge in [-0.1, -0.05) is 0 Å². The molecule has 0 amide bonds. The lowest BCUT2D eigenvalue weighted by molar-refractivity contribution is 0.0608. The van der Waals surface area contributed by atoms with E-state index in [2.05, 4.69) is 5.10 Å². The maximum absolute atomic E-state index is 12.3. The lowest BCUT2D eigenvalue weighted by atomic mass is 10.3. The average Bonchev–Trinajstić information content (AvgIpc) is 2.91. The van der Waals surface area contributed by atoms with Crippen molar-refractivity contribution in [3.63, 3.8) is 0 Å². The molecule has 1 aromatic heterocycles. The molecular formula is C9H13N3O3S. The van der Waals surface area contributed by atoms with Gasteiger partial charge in [0.15, 0.2) is 0 Å². The van der Waals surface area contributed by atoms with E-state index >= 15 is 0 Å². The minimum atomic E-state index is -3.38. The molecule has 2 aliphatic heterocycles. The van der Waals surface area contributed by atoms with Crippen molar-refractivity contribution in [2.75, 3.05) is 13.2 Å². The highest BCUT2D eigenvalue weighted by Gasteiger charge is 2.45. The Balaban J connectivity index is 1.94. The van der Waals surface area contributed by atoms with Crippen molar-refractivity contribution >= 4 is 10.0 Å². The SMILES string of the molecule is Cn1cc(S(=O)(=O)N2CC3CC2CO3)cn1. The molecule has 1 aromatic rings. The zero-order valence-corrected chi connectivity index (χ0v) is 9.72. The first-order chi connectivity index (χ1) is 7.57. The van der Waals surface area contributed by atoms with Gasteiger partial charge in [-0.2, -0.15) is 9.40 Å². The Labute approximate surface area is 93.9 Å². The van der Waals surface area contributed by atoms with Crippen molar-refractivity contribution in [3.8, 4) is 0 Å². The average molecular weight is 243 g/mol. The zero-order chi connectivity index (χ0) is 11.3. The fourth-order valence-corrected chi connectivity index (χ4v) is 3.97. The van der Waals surface area contributed by atoms with Crippen molar-refractivity contribution in [3.05, 3.63) is 12.4 Å². The molecule has 3 rings (SSSR count). The third kappa shape index (κ3) is 1.39. The highest BCUT2D eigenvalue weighted by molar-refractivity contribution is 7.89. The van der Waals surface area contributed by atoms with E-state index in [0.717, 1.165) is 6.42 Å². The second-order valence-corrected chi connectivity index (χ2v) is 6.16. The van der Waals surface area contributed by atoms with Crippen LogP contribution in [0.5, 0.6) is 0 Å². The van der Waals surface area contributed by atoms with Crippen LogP contribution in [0.1, 0.15) is 6.42 Å². The predicted octanol–water partition coefficient (Wildman–Crippen LogP) is -0.418. The van der Waals surface area contributed by atoms with Gasteiger partial charge in [0.25, 0.3) is 0 Å². The Morgan fingerprint density at radius 2 is 2.38 bits per heavy atom. The lowest BCUT2D eigenvalue weighted by Gasteiger charge is -2.25. The Morgan fingerprint density at radius 1 is 1.56 bits per heavy atom. The van der Waals surface area contributed by atoms with E-state index in [1.807, 2.05) is 0 Å².